The van der Waals surface area contributed by atoms with Gasteiger partial charge in [0.05, 0.1) is 10.7 Å². The van der Waals surface area contributed by atoms with Crippen LogP contribution in [0.5, 0.6) is 0 Å². The van der Waals surface area contributed by atoms with Crippen LogP contribution in [0.15, 0.2) is 64.0 Å². The number of aromatic nitrogens is 1. The Labute approximate surface area is 173 Å². The van der Waals surface area contributed by atoms with Crippen molar-refractivity contribution in [2.75, 3.05) is 11.9 Å². The van der Waals surface area contributed by atoms with Gasteiger partial charge < -0.3 is 4.90 Å². The van der Waals surface area contributed by atoms with Crippen LogP contribution in [-0.4, -0.2) is 7.05 Å². The van der Waals surface area contributed by atoms with Gasteiger partial charge in [-0.1, -0.05) is 53.8 Å². The van der Waals surface area contributed by atoms with E-state index in [1.807, 2.05) is 23.5 Å². The zero-order valence-electron chi connectivity index (χ0n) is 15.7. The maximum absolute atomic E-state index is 6.18. The van der Waals surface area contributed by atoms with Crippen LogP contribution in [0.4, 0.5) is 5.69 Å². The summed E-state index contributed by atoms with van der Waals surface area (Å²) in [5.74, 6) is 0. The van der Waals surface area contributed by atoms with Crippen molar-refractivity contribution < 1.29 is 4.57 Å². The zero-order chi connectivity index (χ0) is 19.0. The highest BCUT2D eigenvalue weighted by atomic mass is 35.5. The van der Waals surface area contributed by atoms with E-state index in [0.717, 1.165) is 18.0 Å². The van der Waals surface area contributed by atoms with Crippen molar-refractivity contribution in [3.05, 3.63) is 69.2 Å². The van der Waals surface area contributed by atoms with Gasteiger partial charge in [0.15, 0.2) is 0 Å². The molecule has 0 bridgehead atoms. The van der Waals surface area contributed by atoms with Crippen molar-refractivity contribution >= 4 is 56.7 Å². The van der Waals surface area contributed by atoms with Crippen LogP contribution >= 0.6 is 34.7 Å². The summed E-state index contributed by atoms with van der Waals surface area (Å²) in [5.41, 5.74) is 3.82. The molecule has 0 unspecified atom stereocenters. The third-order valence-corrected chi connectivity index (χ3v) is 7.32. The van der Waals surface area contributed by atoms with Crippen molar-refractivity contribution in [2.45, 2.75) is 31.7 Å². The average Bonchev–Trinajstić information content (AvgIpc) is 3.18. The Morgan fingerprint density at radius 2 is 2.00 bits per heavy atom. The van der Waals surface area contributed by atoms with Crippen LogP contribution in [0.2, 0.25) is 5.02 Å². The number of benzene rings is 2. The Hall–Kier alpha value is -1.75. The van der Waals surface area contributed by atoms with Gasteiger partial charge in [-0.25, -0.2) is 0 Å². The minimum absolute atomic E-state index is 0.781. The molecule has 27 heavy (non-hydrogen) atoms. The minimum Gasteiger partial charge on any atom is -0.338 e. The molecule has 4 rings (SSSR count). The van der Waals surface area contributed by atoms with Crippen molar-refractivity contribution in [1.82, 2.24) is 0 Å². The van der Waals surface area contributed by atoms with Crippen LogP contribution in [0, 0.1) is 0 Å². The lowest BCUT2D eigenvalue weighted by Gasteiger charge is -2.14. The first kappa shape index (κ1) is 18.6. The summed E-state index contributed by atoms with van der Waals surface area (Å²) in [6.07, 6.45) is 5.64. The largest absolute Gasteiger partial charge is 0.338 e. The summed E-state index contributed by atoms with van der Waals surface area (Å²) in [4.78, 5) is 3.49. The molecular formula is C22H22ClN2S2+. The van der Waals surface area contributed by atoms with Crippen molar-refractivity contribution in [1.29, 1.82) is 0 Å². The first-order valence-corrected chi connectivity index (χ1v) is 11.2. The summed E-state index contributed by atoms with van der Waals surface area (Å²) in [6.45, 7) is 5.40. The van der Waals surface area contributed by atoms with Gasteiger partial charge in [0, 0.05) is 29.1 Å². The van der Waals surface area contributed by atoms with Gasteiger partial charge >= 0.3 is 0 Å². The van der Waals surface area contributed by atoms with Crippen molar-refractivity contribution in [3.8, 4) is 0 Å². The second-order valence-electron chi connectivity index (χ2n) is 6.48. The molecule has 0 radical (unpaired) electrons. The van der Waals surface area contributed by atoms with Gasteiger partial charge in [-0.15, -0.1) is 0 Å². The van der Waals surface area contributed by atoms with E-state index in [4.69, 9.17) is 11.6 Å². The molecule has 1 aromatic heterocycles. The monoisotopic (exact) mass is 413 g/mol. The van der Waals surface area contributed by atoms with Crippen molar-refractivity contribution in [3.63, 3.8) is 0 Å². The fraction of sp³-hybridized carbons (Fsp3) is 0.227. The number of allylic oxidation sites excluding steroid dienone is 2. The summed E-state index contributed by atoms with van der Waals surface area (Å²) in [7, 11) is 2.11. The predicted octanol–water partition coefficient (Wildman–Crippen LogP) is 6.74. The summed E-state index contributed by atoms with van der Waals surface area (Å²) in [6, 6.07) is 14.7. The Morgan fingerprint density at radius 1 is 1.19 bits per heavy atom. The zero-order valence-corrected chi connectivity index (χ0v) is 18.1. The van der Waals surface area contributed by atoms with E-state index in [2.05, 4.69) is 72.8 Å². The SMILES string of the molecule is CCC(=Cc1sc2ccccc2[n+]1CC)C=C1Sc2ccc(Cl)cc2N1C. The lowest BCUT2D eigenvalue weighted by molar-refractivity contribution is -0.665. The number of thioether (sulfide) groups is 1. The van der Waals surface area contributed by atoms with Crippen LogP contribution in [-0.2, 0) is 6.54 Å². The molecule has 2 heterocycles. The van der Waals surface area contributed by atoms with Gasteiger partial charge in [0.25, 0.3) is 5.01 Å². The fourth-order valence-electron chi connectivity index (χ4n) is 3.31. The summed E-state index contributed by atoms with van der Waals surface area (Å²) >= 11 is 9.85. The Kier molecular flexibility index (Phi) is 5.31. The number of rotatable bonds is 4. The van der Waals surface area contributed by atoms with E-state index < -0.39 is 0 Å². The second kappa shape index (κ2) is 7.70. The Balaban J connectivity index is 1.72. The average molecular weight is 414 g/mol. The second-order valence-corrected chi connectivity index (χ2v) is 9.04. The molecule has 5 heteroatoms. The molecule has 0 amide bonds. The molecule has 3 aromatic rings. The van der Waals surface area contributed by atoms with E-state index in [9.17, 15) is 0 Å². The third-order valence-electron chi connectivity index (χ3n) is 4.81. The van der Waals surface area contributed by atoms with Gasteiger partial charge in [-0.3, -0.25) is 0 Å². The van der Waals surface area contributed by atoms with E-state index in [0.29, 0.717) is 0 Å². The number of hydrogen-bond acceptors (Lipinski definition) is 3. The molecule has 0 saturated heterocycles. The van der Waals surface area contributed by atoms with E-state index in [1.165, 1.54) is 36.4 Å². The van der Waals surface area contributed by atoms with E-state index in [1.54, 1.807) is 11.8 Å². The maximum atomic E-state index is 6.18. The predicted molar refractivity (Wildman–Crippen MR) is 120 cm³/mol. The number of hydrogen-bond donors (Lipinski definition) is 0. The maximum Gasteiger partial charge on any atom is 0.263 e. The standard InChI is InChI=1S/C22H22ClN2S2/c1-4-15(12-21-24(3)18-14-16(23)10-11-20(18)26-21)13-22-25(5-2)17-8-6-7-9-19(17)27-22/h6-14H,4-5H2,1-3H3/q+1. The third kappa shape index (κ3) is 3.54. The highest BCUT2D eigenvalue weighted by Crippen LogP contribution is 2.46. The summed E-state index contributed by atoms with van der Waals surface area (Å²) < 4.78 is 3.73. The fourth-order valence-corrected chi connectivity index (χ4v) is 5.79. The van der Waals surface area contributed by atoms with Crippen LogP contribution in [0.3, 0.4) is 0 Å². The Bertz CT molecular complexity index is 1070. The molecule has 0 fully saturated rings. The van der Waals surface area contributed by atoms with Crippen LogP contribution in [0.1, 0.15) is 25.3 Å². The van der Waals surface area contributed by atoms with Gasteiger partial charge in [0.1, 0.15) is 11.2 Å². The van der Waals surface area contributed by atoms with Gasteiger partial charge in [0.2, 0.25) is 5.52 Å². The lowest BCUT2D eigenvalue weighted by atomic mass is 10.2. The molecule has 1 aliphatic rings. The lowest BCUT2D eigenvalue weighted by Crippen LogP contribution is -2.33. The number of nitrogens with zero attached hydrogens (tertiary/aromatic N) is 2. The van der Waals surface area contributed by atoms with Crippen molar-refractivity contribution in [2.24, 2.45) is 0 Å². The quantitative estimate of drug-likeness (QED) is 0.437. The topological polar surface area (TPSA) is 7.12 Å². The highest BCUT2D eigenvalue weighted by molar-refractivity contribution is 8.03. The summed E-state index contributed by atoms with van der Waals surface area (Å²) in [5, 5.41) is 3.33. The smallest absolute Gasteiger partial charge is 0.263 e. The highest BCUT2D eigenvalue weighted by Gasteiger charge is 2.23. The van der Waals surface area contributed by atoms with Crippen LogP contribution in [0.25, 0.3) is 16.3 Å². The number of thiazole rings is 1. The first-order valence-electron chi connectivity index (χ1n) is 9.15. The molecule has 0 aliphatic carbocycles. The Morgan fingerprint density at radius 3 is 2.78 bits per heavy atom. The molecule has 1 aliphatic heterocycles. The molecule has 2 nitrogen and oxygen atoms in total. The number of anilines is 1. The number of fused-ring (bicyclic) bond motifs is 2. The first-order chi connectivity index (χ1) is 13.1. The van der Waals surface area contributed by atoms with Crippen LogP contribution < -0.4 is 9.47 Å². The van der Waals surface area contributed by atoms with Gasteiger partial charge in [-0.2, -0.15) is 4.57 Å². The molecule has 0 spiro atoms. The number of halogens is 1. The van der Waals surface area contributed by atoms with E-state index >= 15 is 0 Å². The normalized spacial score (nSPS) is 15.8. The molecule has 0 N–H and O–H groups in total. The van der Waals surface area contributed by atoms with E-state index in [-0.39, 0.29) is 0 Å². The number of aryl methyl sites for hydroxylation is 1. The molecule has 0 atom stereocenters. The number of para-hydroxylation sites is 1. The molecule has 138 valence electrons. The minimum atomic E-state index is 0.781. The molecular weight excluding hydrogens is 392 g/mol. The van der Waals surface area contributed by atoms with Gasteiger partial charge in [-0.05, 0) is 49.3 Å². The molecule has 2 aromatic carbocycles. The molecule has 0 saturated carbocycles.